The Morgan fingerprint density at radius 3 is 2.82 bits per heavy atom. The minimum Gasteiger partial charge on any atom is -0.496 e. The molecule has 0 spiro atoms. The smallest absolute Gasteiger partial charge is 0.238 e. The SMILES string of the molecule is COc1ccc(Cl)cc1-c1nc(S[C@H](C)C(=O)Nc2ccnn2C(C)C)n[nH]1. The lowest BCUT2D eigenvalue weighted by molar-refractivity contribution is -0.115. The number of benzene rings is 1. The lowest BCUT2D eigenvalue weighted by Crippen LogP contribution is -2.24. The van der Waals surface area contributed by atoms with Crippen LogP contribution in [0.1, 0.15) is 26.8 Å². The van der Waals surface area contributed by atoms with Crippen LogP contribution < -0.4 is 10.1 Å². The van der Waals surface area contributed by atoms with Crippen LogP contribution in [0.2, 0.25) is 5.02 Å². The second-order valence-corrected chi connectivity index (χ2v) is 8.06. The molecular weight excluding hydrogens is 400 g/mol. The van der Waals surface area contributed by atoms with Gasteiger partial charge in [0.2, 0.25) is 11.1 Å². The summed E-state index contributed by atoms with van der Waals surface area (Å²) >= 11 is 7.33. The summed E-state index contributed by atoms with van der Waals surface area (Å²) in [6.07, 6.45) is 1.66. The third kappa shape index (κ3) is 4.48. The van der Waals surface area contributed by atoms with Gasteiger partial charge in [0, 0.05) is 17.1 Å². The summed E-state index contributed by atoms with van der Waals surface area (Å²) in [5, 5.41) is 14.8. The minimum absolute atomic E-state index is 0.150. The predicted octanol–water partition coefficient (Wildman–Crippen LogP) is 4.03. The van der Waals surface area contributed by atoms with Crippen LogP contribution in [0.25, 0.3) is 11.4 Å². The van der Waals surface area contributed by atoms with E-state index >= 15 is 0 Å². The van der Waals surface area contributed by atoms with Gasteiger partial charge in [-0.25, -0.2) is 9.67 Å². The van der Waals surface area contributed by atoms with E-state index in [-0.39, 0.29) is 11.9 Å². The number of hydrogen-bond acceptors (Lipinski definition) is 6. The van der Waals surface area contributed by atoms with E-state index in [2.05, 4.69) is 25.6 Å². The number of halogens is 1. The van der Waals surface area contributed by atoms with Crippen LogP contribution in [0.4, 0.5) is 5.82 Å². The number of thioether (sulfide) groups is 1. The van der Waals surface area contributed by atoms with E-state index in [1.165, 1.54) is 11.8 Å². The van der Waals surface area contributed by atoms with Gasteiger partial charge in [-0.05, 0) is 39.0 Å². The van der Waals surface area contributed by atoms with Crippen molar-refractivity contribution in [2.75, 3.05) is 12.4 Å². The summed E-state index contributed by atoms with van der Waals surface area (Å²) in [6, 6.07) is 7.17. The highest BCUT2D eigenvalue weighted by atomic mass is 35.5. The van der Waals surface area contributed by atoms with E-state index in [0.29, 0.717) is 33.1 Å². The zero-order chi connectivity index (χ0) is 20.3. The number of nitrogens with zero attached hydrogens (tertiary/aromatic N) is 4. The van der Waals surface area contributed by atoms with Gasteiger partial charge >= 0.3 is 0 Å². The molecule has 0 aliphatic heterocycles. The summed E-state index contributed by atoms with van der Waals surface area (Å²) in [5.41, 5.74) is 0.701. The molecule has 0 fully saturated rings. The quantitative estimate of drug-likeness (QED) is 0.560. The maximum Gasteiger partial charge on any atom is 0.238 e. The average Bonchev–Trinajstić information content (AvgIpc) is 3.31. The maximum atomic E-state index is 12.5. The molecule has 2 aromatic heterocycles. The van der Waals surface area contributed by atoms with Gasteiger partial charge in [0.15, 0.2) is 5.82 Å². The van der Waals surface area contributed by atoms with Gasteiger partial charge in [0.25, 0.3) is 0 Å². The van der Waals surface area contributed by atoms with Gasteiger partial charge in [-0.3, -0.25) is 9.89 Å². The first kappa shape index (κ1) is 20.2. The maximum absolute atomic E-state index is 12.5. The third-order valence-electron chi connectivity index (χ3n) is 3.94. The predicted molar refractivity (Wildman–Crippen MR) is 110 cm³/mol. The lowest BCUT2D eigenvalue weighted by atomic mass is 10.2. The van der Waals surface area contributed by atoms with Crippen LogP contribution in [0, 0.1) is 0 Å². The van der Waals surface area contributed by atoms with Gasteiger partial charge < -0.3 is 10.1 Å². The summed E-state index contributed by atoms with van der Waals surface area (Å²) < 4.78 is 7.10. The molecule has 0 saturated heterocycles. The van der Waals surface area contributed by atoms with E-state index in [0.717, 1.165) is 0 Å². The zero-order valence-corrected chi connectivity index (χ0v) is 17.5. The highest BCUT2D eigenvalue weighted by molar-refractivity contribution is 8.00. The standard InChI is InChI=1S/C18H21ClN6O2S/c1-10(2)25-15(7-8-20-25)21-17(26)11(3)28-18-22-16(23-24-18)13-9-12(19)5-6-14(13)27-4/h5-11H,1-4H3,(H,21,26)(H,22,23,24)/t11-/m1/s1. The molecule has 0 aliphatic carbocycles. The molecule has 0 saturated carbocycles. The van der Waals surface area contributed by atoms with Crippen LogP contribution in [0.15, 0.2) is 35.6 Å². The Morgan fingerprint density at radius 2 is 2.11 bits per heavy atom. The number of aromatic nitrogens is 5. The summed E-state index contributed by atoms with van der Waals surface area (Å²) in [7, 11) is 1.58. The van der Waals surface area contributed by atoms with Crippen molar-refractivity contribution in [3.63, 3.8) is 0 Å². The molecule has 1 amide bonds. The fraction of sp³-hybridized carbons (Fsp3) is 0.333. The summed E-state index contributed by atoms with van der Waals surface area (Å²) in [5.74, 6) is 1.66. The second kappa shape index (κ2) is 8.66. The third-order valence-corrected chi connectivity index (χ3v) is 5.14. The van der Waals surface area contributed by atoms with Crippen molar-refractivity contribution >= 4 is 35.1 Å². The normalized spacial score (nSPS) is 12.2. The number of ether oxygens (including phenoxy) is 1. The van der Waals surface area contributed by atoms with Gasteiger partial charge in [-0.15, -0.1) is 5.10 Å². The molecule has 1 aromatic carbocycles. The molecule has 0 unspecified atom stereocenters. The highest BCUT2D eigenvalue weighted by Gasteiger charge is 2.20. The van der Waals surface area contributed by atoms with Crippen LogP contribution in [0.5, 0.6) is 5.75 Å². The van der Waals surface area contributed by atoms with E-state index in [1.54, 1.807) is 49.2 Å². The first-order valence-electron chi connectivity index (χ1n) is 8.66. The minimum atomic E-state index is -0.402. The van der Waals surface area contributed by atoms with Crippen molar-refractivity contribution in [3.05, 3.63) is 35.5 Å². The molecule has 2 heterocycles. The fourth-order valence-corrected chi connectivity index (χ4v) is 3.45. The average molecular weight is 421 g/mol. The van der Waals surface area contributed by atoms with Gasteiger partial charge in [0.1, 0.15) is 11.6 Å². The van der Waals surface area contributed by atoms with E-state index in [4.69, 9.17) is 16.3 Å². The van der Waals surface area contributed by atoms with Crippen LogP contribution in [-0.2, 0) is 4.79 Å². The van der Waals surface area contributed by atoms with Crippen molar-refractivity contribution in [2.24, 2.45) is 0 Å². The van der Waals surface area contributed by atoms with Crippen LogP contribution in [0.3, 0.4) is 0 Å². The van der Waals surface area contributed by atoms with Gasteiger partial charge in [-0.1, -0.05) is 23.4 Å². The molecule has 0 radical (unpaired) electrons. The molecule has 3 rings (SSSR count). The lowest BCUT2D eigenvalue weighted by Gasteiger charge is -2.14. The Hall–Kier alpha value is -2.52. The molecule has 8 nitrogen and oxygen atoms in total. The number of carbonyl (C=O) groups is 1. The fourth-order valence-electron chi connectivity index (χ4n) is 2.55. The van der Waals surface area contributed by atoms with E-state index < -0.39 is 5.25 Å². The Balaban J connectivity index is 1.70. The monoisotopic (exact) mass is 420 g/mol. The number of hydrogen-bond donors (Lipinski definition) is 2. The topological polar surface area (TPSA) is 97.7 Å². The van der Waals surface area contributed by atoms with Crippen molar-refractivity contribution in [3.8, 4) is 17.1 Å². The zero-order valence-electron chi connectivity index (χ0n) is 15.9. The Labute approximate surface area is 172 Å². The first-order chi connectivity index (χ1) is 13.4. The number of carbonyl (C=O) groups excluding carboxylic acids is 1. The van der Waals surface area contributed by atoms with Crippen molar-refractivity contribution in [1.82, 2.24) is 25.0 Å². The molecule has 10 heteroatoms. The van der Waals surface area contributed by atoms with Crippen molar-refractivity contribution in [2.45, 2.75) is 37.2 Å². The van der Waals surface area contributed by atoms with Crippen LogP contribution >= 0.6 is 23.4 Å². The molecule has 148 valence electrons. The number of aromatic amines is 1. The Bertz CT molecular complexity index is 971. The van der Waals surface area contributed by atoms with E-state index in [9.17, 15) is 4.79 Å². The summed E-state index contributed by atoms with van der Waals surface area (Å²) in [6.45, 7) is 5.80. The first-order valence-corrected chi connectivity index (χ1v) is 9.92. The Morgan fingerprint density at radius 1 is 1.32 bits per heavy atom. The molecule has 1 atom stereocenters. The van der Waals surface area contributed by atoms with Crippen molar-refractivity contribution in [1.29, 1.82) is 0 Å². The summed E-state index contributed by atoms with van der Waals surface area (Å²) in [4.78, 5) is 17.0. The van der Waals surface area contributed by atoms with Gasteiger partial charge in [-0.2, -0.15) is 5.10 Å². The number of amides is 1. The highest BCUT2D eigenvalue weighted by Crippen LogP contribution is 2.31. The molecule has 28 heavy (non-hydrogen) atoms. The number of methoxy groups -OCH3 is 1. The second-order valence-electron chi connectivity index (χ2n) is 6.32. The number of anilines is 1. The largest absolute Gasteiger partial charge is 0.496 e. The van der Waals surface area contributed by atoms with Crippen molar-refractivity contribution < 1.29 is 9.53 Å². The molecule has 3 aromatic rings. The van der Waals surface area contributed by atoms with Crippen LogP contribution in [-0.4, -0.2) is 43.2 Å². The Kier molecular flexibility index (Phi) is 6.25. The molecule has 0 bridgehead atoms. The number of H-pyrrole nitrogens is 1. The van der Waals surface area contributed by atoms with Gasteiger partial charge in [0.05, 0.1) is 24.1 Å². The number of nitrogens with one attached hydrogen (secondary N) is 2. The molecule has 0 aliphatic rings. The van der Waals surface area contributed by atoms with E-state index in [1.807, 2.05) is 13.8 Å². The molecule has 2 N–H and O–H groups in total. The molecular formula is C18H21ClN6O2S. The number of rotatable bonds is 7.